The Morgan fingerprint density at radius 2 is 2.16 bits per heavy atom. The molecule has 0 fully saturated rings. The second-order valence-corrected chi connectivity index (χ2v) is 4.33. The van der Waals surface area contributed by atoms with Crippen molar-refractivity contribution in [3.05, 3.63) is 23.8 Å². The van der Waals surface area contributed by atoms with E-state index in [1.807, 2.05) is 25.1 Å². The molecule has 0 amide bonds. The van der Waals surface area contributed by atoms with E-state index in [9.17, 15) is 9.90 Å². The number of carbonyl (C=O) groups is 1. The number of esters is 1. The fourth-order valence-corrected chi connectivity index (χ4v) is 1.71. The highest BCUT2D eigenvalue weighted by atomic mass is 16.5. The van der Waals surface area contributed by atoms with E-state index in [4.69, 9.17) is 4.74 Å². The minimum atomic E-state index is -0.582. The predicted octanol–water partition coefficient (Wildman–Crippen LogP) is 1.73. The van der Waals surface area contributed by atoms with Crippen LogP contribution in [0.2, 0.25) is 0 Å². The highest BCUT2D eigenvalue weighted by molar-refractivity contribution is 5.69. The first kappa shape index (κ1) is 15.3. The zero-order valence-corrected chi connectivity index (χ0v) is 11.6. The summed E-state index contributed by atoms with van der Waals surface area (Å²) in [5, 5.41) is 12.9. The fourth-order valence-electron chi connectivity index (χ4n) is 1.71. The van der Waals surface area contributed by atoms with Crippen molar-refractivity contribution in [2.45, 2.75) is 25.9 Å². The Labute approximate surface area is 113 Å². The van der Waals surface area contributed by atoms with Crippen LogP contribution in [0.4, 0.5) is 5.69 Å². The largest absolute Gasteiger partial charge is 0.496 e. The quantitative estimate of drug-likeness (QED) is 0.736. The third-order valence-electron chi connectivity index (χ3n) is 2.85. The van der Waals surface area contributed by atoms with Crippen molar-refractivity contribution in [1.82, 2.24) is 0 Å². The molecule has 106 valence electrons. The van der Waals surface area contributed by atoms with E-state index in [1.54, 1.807) is 7.11 Å². The number of nitrogens with one attached hydrogen (secondary N) is 1. The zero-order valence-electron chi connectivity index (χ0n) is 11.6. The van der Waals surface area contributed by atoms with Crippen LogP contribution in [0.25, 0.3) is 0 Å². The van der Waals surface area contributed by atoms with Crippen LogP contribution < -0.4 is 10.1 Å². The lowest BCUT2D eigenvalue weighted by atomic mass is 10.1. The lowest BCUT2D eigenvalue weighted by Gasteiger charge is -2.13. The number of aliphatic hydroxyl groups is 1. The number of benzene rings is 1. The van der Waals surface area contributed by atoms with E-state index in [0.29, 0.717) is 13.0 Å². The Morgan fingerprint density at radius 3 is 2.74 bits per heavy atom. The SMILES string of the molecule is COC(=O)CCC(O)CNc1ccc(OC)c(C)c1. The molecule has 0 aliphatic heterocycles. The van der Waals surface area contributed by atoms with Gasteiger partial charge in [0, 0.05) is 18.7 Å². The molecule has 0 aliphatic rings. The predicted molar refractivity (Wildman–Crippen MR) is 73.5 cm³/mol. The zero-order chi connectivity index (χ0) is 14.3. The van der Waals surface area contributed by atoms with E-state index >= 15 is 0 Å². The molecule has 1 atom stereocenters. The van der Waals surface area contributed by atoms with Crippen LogP contribution >= 0.6 is 0 Å². The van der Waals surface area contributed by atoms with Gasteiger partial charge in [-0.1, -0.05) is 0 Å². The van der Waals surface area contributed by atoms with Gasteiger partial charge in [-0.2, -0.15) is 0 Å². The normalized spacial score (nSPS) is 11.8. The van der Waals surface area contributed by atoms with Gasteiger partial charge in [0.05, 0.1) is 20.3 Å². The second kappa shape index (κ2) is 7.63. The lowest BCUT2D eigenvalue weighted by molar-refractivity contribution is -0.141. The standard InChI is InChI=1S/C14H21NO4/c1-10-8-11(4-6-13(10)18-2)15-9-12(16)5-7-14(17)19-3/h4,6,8,12,15-16H,5,7,9H2,1-3H3. The molecular weight excluding hydrogens is 246 g/mol. The van der Waals surface area contributed by atoms with Crippen molar-refractivity contribution >= 4 is 11.7 Å². The van der Waals surface area contributed by atoms with Gasteiger partial charge in [0.25, 0.3) is 0 Å². The molecule has 0 spiro atoms. The van der Waals surface area contributed by atoms with Gasteiger partial charge < -0.3 is 19.9 Å². The first-order valence-corrected chi connectivity index (χ1v) is 6.20. The topological polar surface area (TPSA) is 67.8 Å². The Balaban J connectivity index is 2.39. The molecule has 5 heteroatoms. The van der Waals surface area contributed by atoms with Gasteiger partial charge in [0.1, 0.15) is 5.75 Å². The van der Waals surface area contributed by atoms with Crippen molar-refractivity contribution in [1.29, 1.82) is 0 Å². The van der Waals surface area contributed by atoms with Gasteiger partial charge in [-0.05, 0) is 37.1 Å². The monoisotopic (exact) mass is 267 g/mol. The summed E-state index contributed by atoms with van der Waals surface area (Å²) >= 11 is 0. The average Bonchev–Trinajstić information content (AvgIpc) is 2.42. The minimum Gasteiger partial charge on any atom is -0.496 e. The molecule has 19 heavy (non-hydrogen) atoms. The first-order valence-electron chi connectivity index (χ1n) is 6.20. The molecule has 2 N–H and O–H groups in total. The Morgan fingerprint density at radius 1 is 1.42 bits per heavy atom. The molecule has 1 rings (SSSR count). The van der Waals surface area contributed by atoms with E-state index in [2.05, 4.69) is 10.1 Å². The van der Waals surface area contributed by atoms with Crippen LogP contribution in [-0.4, -0.2) is 37.9 Å². The molecule has 0 aliphatic carbocycles. The third-order valence-corrected chi connectivity index (χ3v) is 2.85. The number of methoxy groups -OCH3 is 2. The van der Waals surface area contributed by atoms with E-state index < -0.39 is 6.10 Å². The van der Waals surface area contributed by atoms with E-state index in [1.165, 1.54) is 7.11 Å². The number of hydrogen-bond acceptors (Lipinski definition) is 5. The number of rotatable bonds is 7. The summed E-state index contributed by atoms with van der Waals surface area (Å²) in [6.45, 7) is 2.35. The van der Waals surface area contributed by atoms with Crippen molar-refractivity contribution in [3.63, 3.8) is 0 Å². The molecular formula is C14H21NO4. The Bertz CT molecular complexity index is 420. The average molecular weight is 267 g/mol. The van der Waals surface area contributed by atoms with Gasteiger partial charge in [-0.15, -0.1) is 0 Å². The summed E-state index contributed by atoms with van der Waals surface area (Å²) in [4.78, 5) is 10.9. The molecule has 0 saturated carbocycles. The van der Waals surface area contributed by atoms with Crippen LogP contribution in [0, 0.1) is 6.92 Å². The molecule has 1 aromatic carbocycles. The van der Waals surface area contributed by atoms with Gasteiger partial charge >= 0.3 is 5.97 Å². The molecule has 5 nitrogen and oxygen atoms in total. The molecule has 0 aromatic heterocycles. The van der Waals surface area contributed by atoms with Gasteiger partial charge in [-0.25, -0.2) is 0 Å². The number of aryl methyl sites for hydroxylation is 1. The number of carbonyl (C=O) groups excluding carboxylic acids is 1. The highest BCUT2D eigenvalue weighted by Crippen LogP contribution is 2.21. The van der Waals surface area contributed by atoms with Crippen LogP contribution in [0.15, 0.2) is 18.2 Å². The number of anilines is 1. The number of aliphatic hydroxyl groups excluding tert-OH is 1. The van der Waals surface area contributed by atoms with Crippen LogP contribution in [0.3, 0.4) is 0 Å². The first-order chi connectivity index (χ1) is 9.06. The summed E-state index contributed by atoms with van der Waals surface area (Å²) in [5.41, 5.74) is 1.94. The van der Waals surface area contributed by atoms with Crippen LogP contribution in [-0.2, 0) is 9.53 Å². The van der Waals surface area contributed by atoms with E-state index in [0.717, 1.165) is 17.0 Å². The van der Waals surface area contributed by atoms with Gasteiger partial charge in [0.2, 0.25) is 0 Å². The molecule has 0 radical (unpaired) electrons. The highest BCUT2D eigenvalue weighted by Gasteiger charge is 2.08. The smallest absolute Gasteiger partial charge is 0.305 e. The summed E-state index contributed by atoms with van der Waals surface area (Å²) in [7, 11) is 2.97. The fraction of sp³-hybridized carbons (Fsp3) is 0.500. The number of ether oxygens (including phenoxy) is 2. The van der Waals surface area contributed by atoms with Crippen molar-refractivity contribution in [3.8, 4) is 5.75 Å². The second-order valence-electron chi connectivity index (χ2n) is 4.33. The maximum Gasteiger partial charge on any atom is 0.305 e. The minimum absolute atomic E-state index is 0.223. The van der Waals surface area contributed by atoms with Crippen molar-refractivity contribution in [2.75, 3.05) is 26.1 Å². The molecule has 1 aromatic rings. The molecule has 0 saturated heterocycles. The van der Waals surface area contributed by atoms with Crippen molar-refractivity contribution < 1.29 is 19.4 Å². The summed E-state index contributed by atoms with van der Waals surface area (Å²) in [5.74, 6) is 0.524. The maximum absolute atomic E-state index is 10.9. The van der Waals surface area contributed by atoms with Crippen molar-refractivity contribution in [2.24, 2.45) is 0 Å². The summed E-state index contributed by atoms with van der Waals surface area (Å²) in [6, 6.07) is 5.71. The lowest BCUT2D eigenvalue weighted by Crippen LogP contribution is -2.20. The van der Waals surface area contributed by atoms with Crippen LogP contribution in [0.5, 0.6) is 5.75 Å². The van der Waals surface area contributed by atoms with Gasteiger partial charge in [-0.3, -0.25) is 4.79 Å². The molecule has 0 heterocycles. The van der Waals surface area contributed by atoms with Crippen LogP contribution in [0.1, 0.15) is 18.4 Å². The Kier molecular flexibility index (Phi) is 6.15. The Hall–Kier alpha value is -1.75. The maximum atomic E-state index is 10.9. The summed E-state index contributed by atoms with van der Waals surface area (Å²) in [6.07, 6.45) is 0.0250. The molecule has 1 unspecified atom stereocenters. The third kappa shape index (κ3) is 5.18. The number of hydrogen-bond donors (Lipinski definition) is 2. The van der Waals surface area contributed by atoms with E-state index in [-0.39, 0.29) is 12.4 Å². The summed E-state index contributed by atoms with van der Waals surface area (Å²) < 4.78 is 9.69. The van der Waals surface area contributed by atoms with Gasteiger partial charge in [0.15, 0.2) is 0 Å². The molecule has 0 bridgehead atoms.